The van der Waals surface area contributed by atoms with Gasteiger partial charge >= 0.3 is 0 Å². The SMILES string of the molecule is Brc1ccc(Br)c(-c2nnc(C3CCCCC3)o2)c1. The molecule has 2 aromatic rings. The standard InChI is InChI=1S/C14H14Br2N2O/c15-10-6-7-12(16)11(8-10)14-18-17-13(19-14)9-4-2-1-3-5-9/h6-9H,1-5H2. The van der Waals surface area contributed by atoms with Gasteiger partial charge in [-0.15, -0.1) is 10.2 Å². The van der Waals surface area contributed by atoms with Crippen molar-refractivity contribution in [3.8, 4) is 11.5 Å². The molecule has 3 nitrogen and oxygen atoms in total. The lowest BCUT2D eigenvalue weighted by Crippen LogP contribution is -2.04. The van der Waals surface area contributed by atoms with E-state index in [1.807, 2.05) is 18.2 Å². The molecule has 0 radical (unpaired) electrons. The topological polar surface area (TPSA) is 38.9 Å². The monoisotopic (exact) mass is 384 g/mol. The molecule has 0 amide bonds. The number of benzene rings is 1. The summed E-state index contributed by atoms with van der Waals surface area (Å²) in [6.07, 6.45) is 6.20. The summed E-state index contributed by atoms with van der Waals surface area (Å²) in [5.74, 6) is 1.83. The molecule has 0 saturated heterocycles. The van der Waals surface area contributed by atoms with Crippen molar-refractivity contribution in [2.45, 2.75) is 38.0 Å². The first-order chi connectivity index (χ1) is 9.24. The lowest BCUT2D eigenvalue weighted by molar-refractivity contribution is 0.367. The molecule has 0 N–H and O–H groups in total. The van der Waals surface area contributed by atoms with Crippen molar-refractivity contribution >= 4 is 31.9 Å². The Labute approximate surface area is 129 Å². The summed E-state index contributed by atoms with van der Waals surface area (Å²) in [6, 6.07) is 5.94. The van der Waals surface area contributed by atoms with Crippen LogP contribution in [0.5, 0.6) is 0 Å². The predicted molar refractivity (Wildman–Crippen MR) is 81.0 cm³/mol. The van der Waals surface area contributed by atoms with Crippen LogP contribution in [0.1, 0.15) is 43.9 Å². The molecule has 0 atom stereocenters. The fraction of sp³-hybridized carbons (Fsp3) is 0.429. The third-order valence-corrected chi connectivity index (χ3v) is 4.74. The van der Waals surface area contributed by atoms with Crippen LogP contribution in [0.4, 0.5) is 0 Å². The molecule has 5 heteroatoms. The first-order valence-corrected chi connectivity index (χ1v) is 8.11. The van der Waals surface area contributed by atoms with E-state index in [1.54, 1.807) is 0 Å². The van der Waals surface area contributed by atoms with Crippen LogP contribution in [0.3, 0.4) is 0 Å². The Balaban J connectivity index is 1.89. The second-order valence-electron chi connectivity index (χ2n) is 4.90. The van der Waals surface area contributed by atoms with Crippen LogP contribution in [0, 0.1) is 0 Å². The zero-order valence-electron chi connectivity index (χ0n) is 10.4. The molecule has 0 aliphatic heterocycles. The molecule has 0 unspecified atom stereocenters. The van der Waals surface area contributed by atoms with Crippen molar-refractivity contribution in [3.05, 3.63) is 33.0 Å². The number of hydrogen-bond donors (Lipinski definition) is 0. The molecule has 1 aromatic carbocycles. The van der Waals surface area contributed by atoms with E-state index >= 15 is 0 Å². The van der Waals surface area contributed by atoms with Crippen molar-refractivity contribution in [1.82, 2.24) is 10.2 Å². The van der Waals surface area contributed by atoms with E-state index in [4.69, 9.17) is 4.42 Å². The first-order valence-electron chi connectivity index (χ1n) is 6.53. The molecule has 1 fully saturated rings. The van der Waals surface area contributed by atoms with Gasteiger partial charge in [0.25, 0.3) is 0 Å². The highest BCUT2D eigenvalue weighted by atomic mass is 79.9. The van der Waals surface area contributed by atoms with Crippen LogP contribution < -0.4 is 0 Å². The Kier molecular flexibility index (Phi) is 4.03. The molecule has 1 aromatic heterocycles. The fourth-order valence-electron chi connectivity index (χ4n) is 2.52. The van der Waals surface area contributed by atoms with Gasteiger partial charge in [-0.25, -0.2) is 0 Å². The summed E-state index contributed by atoms with van der Waals surface area (Å²) < 4.78 is 7.84. The molecule has 100 valence electrons. The molecule has 0 spiro atoms. The normalized spacial score (nSPS) is 16.7. The maximum atomic E-state index is 5.87. The summed E-state index contributed by atoms with van der Waals surface area (Å²) in [4.78, 5) is 0. The third kappa shape index (κ3) is 2.92. The quantitative estimate of drug-likeness (QED) is 0.703. The third-order valence-electron chi connectivity index (χ3n) is 3.55. The predicted octanol–water partition coefficient (Wildman–Crippen LogP) is 5.31. The highest BCUT2D eigenvalue weighted by Gasteiger charge is 2.22. The second kappa shape index (κ2) is 5.75. The van der Waals surface area contributed by atoms with Gasteiger partial charge in [-0.3, -0.25) is 0 Å². The molecular formula is C14H14Br2N2O. The highest BCUT2D eigenvalue weighted by Crippen LogP contribution is 2.35. The van der Waals surface area contributed by atoms with E-state index in [2.05, 4.69) is 42.1 Å². The molecule has 1 saturated carbocycles. The average molecular weight is 386 g/mol. The number of rotatable bonds is 2. The number of aromatic nitrogens is 2. The molecular weight excluding hydrogens is 372 g/mol. The van der Waals surface area contributed by atoms with Crippen molar-refractivity contribution in [2.24, 2.45) is 0 Å². The van der Waals surface area contributed by atoms with Gasteiger partial charge in [0.05, 0.1) is 5.56 Å². The smallest absolute Gasteiger partial charge is 0.248 e. The van der Waals surface area contributed by atoms with Crippen molar-refractivity contribution < 1.29 is 4.42 Å². The minimum atomic E-state index is 0.445. The van der Waals surface area contributed by atoms with Gasteiger partial charge in [-0.2, -0.15) is 0 Å². The first kappa shape index (κ1) is 13.3. The minimum absolute atomic E-state index is 0.445. The molecule has 1 heterocycles. The fourth-order valence-corrected chi connectivity index (χ4v) is 3.30. The van der Waals surface area contributed by atoms with Gasteiger partial charge in [0, 0.05) is 14.9 Å². The van der Waals surface area contributed by atoms with Gasteiger partial charge < -0.3 is 4.42 Å². The van der Waals surface area contributed by atoms with E-state index in [0.717, 1.165) is 20.4 Å². The van der Waals surface area contributed by atoms with Crippen LogP contribution in [0.2, 0.25) is 0 Å². The Hall–Kier alpha value is -0.680. The lowest BCUT2D eigenvalue weighted by Gasteiger charge is -2.17. The summed E-state index contributed by atoms with van der Waals surface area (Å²) >= 11 is 6.99. The summed E-state index contributed by atoms with van der Waals surface area (Å²) in [5.41, 5.74) is 0.934. The molecule has 3 rings (SSSR count). The number of hydrogen-bond acceptors (Lipinski definition) is 3. The van der Waals surface area contributed by atoms with Crippen LogP contribution in [0.15, 0.2) is 31.6 Å². The van der Waals surface area contributed by atoms with E-state index < -0.39 is 0 Å². The zero-order chi connectivity index (χ0) is 13.2. The average Bonchev–Trinajstić information content (AvgIpc) is 2.92. The zero-order valence-corrected chi connectivity index (χ0v) is 13.6. The molecule has 19 heavy (non-hydrogen) atoms. The molecule has 1 aliphatic carbocycles. The van der Waals surface area contributed by atoms with Crippen molar-refractivity contribution in [2.75, 3.05) is 0 Å². The van der Waals surface area contributed by atoms with Crippen LogP contribution in [-0.2, 0) is 0 Å². The van der Waals surface area contributed by atoms with E-state index in [9.17, 15) is 0 Å². The Morgan fingerprint density at radius 1 is 1.05 bits per heavy atom. The highest BCUT2D eigenvalue weighted by molar-refractivity contribution is 9.11. The lowest BCUT2D eigenvalue weighted by atomic mass is 9.89. The van der Waals surface area contributed by atoms with Crippen molar-refractivity contribution in [1.29, 1.82) is 0 Å². The van der Waals surface area contributed by atoms with Gasteiger partial charge in [-0.05, 0) is 47.0 Å². The molecule has 0 bridgehead atoms. The van der Waals surface area contributed by atoms with Gasteiger partial charge in [0.15, 0.2) is 0 Å². The van der Waals surface area contributed by atoms with E-state index in [-0.39, 0.29) is 0 Å². The van der Waals surface area contributed by atoms with Gasteiger partial charge in [0.2, 0.25) is 11.8 Å². The summed E-state index contributed by atoms with van der Waals surface area (Å²) in [7, 11) is 0. The number of halogens is 2. The van der Waals surface area contributed by atoms with E-state index in [0.29, 0.717) is 11.8 Å². The Morgan fingerprint density at radius 2 is 1.84 bits per heavy atom. The van der Waals surface area contributed by atoms with Crippen molar-refractivity contribution in [3.63, 3.8) is 0 Å². The molecule has 1 aliphatic rings. The minimum Gasteiger partial charge on any atom is -0.420 e. The van der Waals surface area contributed by atoms with Crippen LogP contribution >= 0.6 is 31.9 Å². The Morgan fingerprint density at radius 3 is 2.63 bits per heavy atom. The largest absolute Gasteiger partial charge is 0.420 e. The maximum Gasteiger partial charge on any atom is 0.248 e. The van der Waals surface area contributed by atoms with Crippen LogP contribution in [0.25, 0.3) is 11.5 Å². The summed E-state index contributed by atoms with van der Waals surface area (Å²) in [5, 5.41) is 8.43. The maximum absolute atomic E-state index is 5.87. The Bertz CT molecular complexity index is 577. The van der Waals surface area contributed by atoms with Gasteiger partial charge in [-0.1, -0.05) is 35.2 Å². The van der Waals surface area contributed by atoms with Crippen LogP contribution in [-0.4, -0.2) is 10.2 Å². The number of nitrogens with zero attached hydrogens (tertiary/aromatic N) is 2. The van der Waals surface area contributed by atoms with E-state index in [1.165, 1.54) is 32.1 Å². The second-order valence-corrected chi connectivity index (χ2v) is 6.67. The summed E-state index contributed by atoms with van der Waals surface area (Å²) in [6.45, 7) is 0. The van der Waals surface area contributed by atoms with Gasteiger partial charge in [0.1, 0.15) is 0 Å².